The molecule has 0 aromatic carbocycles. The lowest BCUT2D eigenvalue weighted by Gasteiger charge is -2.22. The standard InChI is InChI=1S/C11H21N3S/c1-4-9-5-14-10(15-9)6-13-8-11(2,3)7-12/h5,13H,4,6-8,12H2,1-3H3. The number of rotatable bonds is 6. The summed E-state index contributed by atoms with van der Waals surface area (Å²) in [7, 11) is 0. The molecule has 0 amide bonds. The molecule has 0 bridgehead atoms. The molecule has 3 N–H and O–H groups in total. The van der Waals surface area contributed by atoms with E-state index in [0.29, 0.717) is 6.54 Å². The summed E-state index contributed by atoms with van der Waals surface area (Å²) in [5, 5.41) is 4.56. The summed E-state index contributed by atoms with van der Waals surface area (Å²) in [4.78, 5) is 5.71. The van der Waals surface area contributed by atoms with Crippen molar-refractivity contribution in [3.63, 3.8) is 0 Å². The third-order valence-electron chi connectivity index (χ3n) is 2.38. The molecule has 1 aromatic rings. The fourth-order valence-electron chi connectivity index (χ4n) is 1.17. The second-order valence-corrected chi connectivity index (χ2v) is 5.75. The van der Waals surface area contributed by atoms with Crippen LogP contribution < -0.4 is 11.1 Å². The Kier molecular flexibility index (Phi) is 4.70. The molecule has 1 rings (SSSR count). The zero-order chi connectivity index (χ0) is 11.3. The van der Waals surface area contributed by atoms with Crippen LogP contribution in [0.1, 0.15) is 30.7 Å². The van der Waals surface area contributed by atoms with Gasteiger partial charge in [0.05, 0.1) is 0 Å². The molecule has 0 aliphatic heterocycles. The Morgan fingerprint density at radius 1 is 1.53 bits per heavy atom. The Morgan fingerprint density at radius 3 is 2.80 bits per heavy atom. The van der Waals surface area contributed by atoms with Gasteiger partial charge < -0.3 is 11.1 Å². The molecule has 4 heteroatoms. The molecular formula is C11H21N3S. The molecule has 1 aromatic heterocycles. The monoisotopic (exact) mass is 227 g/mol. The summed E-state index contributed by atoms with van der Waals surface area (Å²) in [5.74, 6) is 0. The summed E-state index contributed by atoms with van der Waals surface area (Å²) in [6.45, 7) is 8.98. The van der Waals surface area contributed by atoms with Gasteiger partial charge in [0.25, 0.3) is 0 Å². The van der Waals surface area contributed by atoms with E-state index < -0.39 is 0 Å². The Morgan fingerprint density at radius 2 is 2.27 bits per heavy atom. The van der Waals surface area contributed by atoms with Gasteiger partial charge in [-0.3, -0.25) is 0 Å². The summed E-state index contributed by atoms with van der Waals surface area (Å²) in [6.07, 6.45) is 3.04. The van der Waals surface area contributed by atoms with Crippen LogP contribution in [0, 0.1) is 5.41 Å². The van der Waals surface area contributed by atoms with Crippen molar-refractivity contribution >= 4 is 11.3 Å². The minimum atomic E-state index is 0.171. The van der Waals surface area contributed by atoms with Crippen LogP contribution in [0.25, 0.3) is 0 Å². The molecule has 0 spiro atoms. The Bertz CT molecular complexity index is 294. The van der Waals surface area contributed by atoms with E-state index in [-0.39, 0.29) is 5.41 Å². The number of nitrogens with zero attached hydrogens (tertiary/aromatic N) is 1. The van der Waals surface area contributed by atoms with Gasteiger partial charge >= 0.3 is 0 Å². The molecular weight excluding hydrogens is 206 g/mol. The maximum Gasteiger partial charge on any atom is 0.107 e. The molecule has 0 fully saturated rings. The van der Waals surface area contributed by atoms with Crippen LogP contribution in [0.4, 0.5) is 0 Å². The highest BCUT2D eigenvalue weighted by Gasteiger charge is 2.14. The van der Waals surface area contributed by atoms with E-state index in [9.17, 15) is 0 Å². The number of thiazole rings is 1. The van der Waals surface area contributed by atoms with Crippen LogP contribution in [0.3, 0.4) is 0 Å². The first-order valence-electron chi connectivity index (χ1n) is 5.42. The predicted octanol–water partition coefficient (Wildman–Crippen LogP) is 1.78. The molecule has 0 aliphatic rings. The summed E-state index contributed by atoms with van der Waals surface area (Å²) in [6, 6.07) is 0. The predicted molar refractivity (Wildman–Crippen MR) is 66.0 cm³/mol. The summed E-state index contributed by atoms with van der Waals surface area (Å²) >= 11 is 1.79. The minimum absolute atomic E-state index is 0.171. The van der Waals surface area contributed by atoms with Gasteiger partial charge in [0.15, 0.2) is 0 Å². The first kappa shape index (κ1) is 12.6. The van der Waals surface area contributed by atoms with Gasteiger partial charge in [0.2, 0.25) is 0 Å². The van der Waals surface area contributed by atoms with Crippen molar-refractivity contribution in [2.45, 2.75) is 33.7 Å². The van der Waals surface area contributed by atoms with Crippen molar-refractivity contribution < 1.29 is 0 Å². The number of hydrogen-bond donors (Lipinski definition) is 2. The van der Waals surface area contributed by atoms with Gasteiger partial charge in [0, 0.05) is 24.2 Å². The summed E-state index contributed by atoms with van der Waals surface area (Å²) in [5.41, 5.74) is 5.83. The normalized spacial score (nSPS) is 12.0. The van der Waals surface area contributed by atoms with Crippen molar-refractivity contribution in [3.05, 3.63) is 16.1 Å². The Labute approximate surface area is 96.1 Å². The van der Waals surface area contributed by atoms with Crippen LogP contribution in [0.2, 0.25) is 0 Å². The number of aromatic nitrogens is 1. The second-order valence-electron chi connectivity index (χ2n) is 4.55. The van der Waals surface area contributed by atoms with Gasteiger partial charge in [-0.25, -0.2) is 4.98 Å². The van der Waals surface area contributed by atoms with Crippen LogP contribution in [-0.4, -0.2) is 18.1 Å². The second kappa shape index (κ2) is 5.58. The third-order valence-corrected chi connectivity index (χ3v) is 3.52. The molecule has 1 heterocycles. The van der Waals surface area contributed by atoms with Gasteiger partial charge in [0.1, 0.15) is 5.01 Å². The highest BCUT2D eigenvalue weighted by Crippen LogP contribution is 2.14. The lowest BCUT2D eigenvalue weighted by Crippen LogP contribution is -2.35. The fourth-order valence-corrected chi connectivity index (χ4v) is 2.01. The average molecular weight is 227 g/mol. The number of nitrogens with one attached hydrogen (secondary N) is 1. The van der Waals surface area contributed by atoms with E-state index in [1.807, 2.05) is 6.20 Å². The molecule has 0 unspecified atom stereocenters. The van der Waals surface area contributed by atoms with Crippen molar-refractivity contribution in [2.75, 3.05) is 13.1 Å². The van der Waals surface area contributed by atoms with Gasteiger partial charge in [-0.15, -0.1) is 11.3 Å². The quantitative estimate of drug-likeness (QED) is 0.779. The van der Waals surface area contributed by atoms with E-state index in [1.54, 1.807) is 11.3 Å². The van der Waals surface area contributed by atoms with E-state index in [4.69, 9.17) is 5.73 Å². The van der Waals surface area contributed by atoms with Crippen LogP contribution >= 0.6 is 11.3 Å². The van der Waals surface area contributed by atoms with Crippen molar-refractivity contribution in [1.29, 1.82) is 0 Å². The minimum Gasteiger partial charge on any atom is -0.330 e. The van der Waals surface area contributed by atoms with Gasteiger partial charge in [-0.1, -0.05) is 20.8 Å². The SMILES string of the molecule is CCc1cnc(CNCC(C)(C)CN)s1. The topological polar surface area (TPSA) is 50.9 Å². The Balaban J connectivity index is 2.31. The van der Waals surface area contributed by atoms with Gasteiger partial charge in [-0.2, -0.15) is 0 Å². The smallest absolute Gasteiger partial charge is 0.107 e. The molecule has 86 valence electrons. The molecule has 0 saturated carbocycles. The van der Waals surface area contributed by atoms with Crippen LogP contribution in [-0.2, 0) is 13.0 Å². The third kappa shape index (κ3) is 4.28. The maximum absolute atomic E-state index is 5.66. The van der Waals surface area contributed by atoms with E-state index >= 15 is 0 Å². The zero-order valence-corrected chi connectivity index (χ0v) is 10.7. The summed E-state index contributed by atoms with van der Waals surface area (Å²) < 4.78 is 0. The highest BCUT2D eigenvalue weighted by molar-refractivity contribution is 7.11. The fraction of sp³-hybridized carbons (Fsp3) is 0.727. The molecule has 0 aliphatic carbocycles. The molecule has 0 saturated heterocycles. The lowest BCUT2D eigenvalue weighted by atomic mass is 9.94. The van der Waals surface area contributed by atoms with Gasteiger partial charge in [-0.05, 0) is 18.4 Å². The zero-order valence-electron chi connectivity index (χ0n) is 9.84. The van der Waals surface area contributed by atoms with Crippen molar-refractivity contribution in [1.82, 2.24) is 10.3 Å². The van der Waals surface area contributed by atoms with E-state index in [1.165, 1.54) is 9.88 Å². The first-order valence-corrected chi connectivity index (χ1v) is 6.23. The molecule has 0 atom stereocenters. The first-order chi connectivity index (χ1) is 7.07. The molecule has 3 nitrogen and oxygen atoms in total. The van der Waals surface area contributed by atoms with Crippen LogP contribution in [0.5, 0.6) is 0 Å². The maximum atomic E-state index is 5.66. The lowest BCUT2D eigenvalue weighted by molar-refractivity contribution is 0.351. The van der Waals surface area contributed by atoms with Crippen LogP contribution in [0.15, 0.2) is 6.20 Å². The van der Waals surface area contributed by atoms with Crippen molar-refractivity contribution in [3.8, 4) is 0 Å². The molecule has 15 heavy (non-hydrogen) atoms. The number of hydrogen-bond acceptors (Lipinski definition) is 4. The van der Waals surface area contributed by atoms with E-state index in [2.05, 4.69) is 31.1 Å². The Hall–Kier alpha value is -0.450. The largest absolute Gasteiger partial charge is 0.330 e. The molecule has 0 radical (unpaired) electrons. The van der Waals surface area contributed by atoms with Crippen molar-refractivity contribution in [2.24, 2.45) is 11.1 Å². The average Bonchev–Trinajstić information content (AvgIpc) is 2.66. The van der Waals surface area contributed by atoms with E-state index in [0.717, 1.165) is 19.5 Å². The number of nitrogens with two attached hydrogens (primary N) is 1. The number of aryl methyl sites for hydroxylation is 1. The highest BCUT2D eigenvalue weighted by atomic mass is 32.1.